The number of rotatable bonds is 1. The Morgan fingerprint density at radius 1 is 1.31 bits per heavy atom. The lowest BCUT2D eigenvalue weighted by Crippen LogP contribution is -2.37. The maximum Gasteiger partial charge on any atom is 0.226 e. The Morgan fingerprint density at radius 3 is 2.94 bits per heavy atom. The zero-order valence-electron chi connectivity index (χ0n) is 9.43. The van der Waals surface area contributed by atoms with Crippen LogP contribution in [0.2, 0.25) is 0 Å². The van der Waals surface area contributed by atoms with Gasteiger partial charge in [-0.05, 0) is 19.3 Å². The number of fused-ring (bicyclic) bond motifs is 1. The Hall–Kier alpha value is -1.32. The molecule has 1 aromatic rings. The molecule has 86 valence electrons. The lowest BCUT2D eigenvalue weighted by atomic mass is 9.95. The van der Waals surface area contributed by atoms with Crippen LogP contribution < -0.4 is 0 Å². The van der Waals surface area contributed by atoms with Crippen molar-refractivity contribution in [3.63, 3.8) is 0 Å². The number of carbonyl (C=O) groups excluding carboxylic acids is 1. The first-order valence-corrected chi connectivity index (χ1v) is 6.12. The van der Waals surface area contributed by atoms with E-state index in [-0.39, 0.29) is 5.92 Å². The van der Waals surface area contributed by atoms with E-state index in [1.54, 1.807) is 0 Å². The molecule has 0 aromatic carbocycles. The number of likely N-dealkylation sites (tertiary alicyclic amines) is 1. The Balaban J connectivity index is 1.71. The minimum Gasteiger partial charge on any atom is -0.342 e. The van der Waals surface area contributed by atoms with E-state index < -0.39 is 0 Å². The van der Waals surface area contributed by atoms with Crippen LogP contribution in [-0.2, 0) is 17.8 Å². The van der Waals surface area contributed by atoms with Crippen molar-refractivity contribution >= 4 is 5.91 Å². The number of hydrogen-bond acceptors (Lipinski definition) is 2. The van der Waals surface area contributed by atoms with Crippen molar-refractivity contribution in [2.45, 2.75) is 32.2 Å². The minimum atomic E-state index is 0.197. The molecule has 3 rings (SSSR count). The maximum atomic E-state index is 12.2. The third kappa shape index (κ3) is 1.62. The van der Waals surface area contributed by atoms with Gasteiger partial charge in [0.05, 0.1) is 6.33 Å². The molecule has 4 heteroatoms. The monoisotopic (exact) mass is 219 g/mol. The van der Waals surface area contributed by atoms with Crippen molar-refractivity contribution in [3.8, 4) is 0 Å². The summed E-state index contributed by atoms with van der Waals surface area (Å²) < 4.78 is 2.16. The van der Waals surface area contributed by atoms with Gasteiger partial charge in [-0.2, -0.15) is 0 Å². The molecule has 3 heterocycles. The highest BCUT2D eigenvalue weighted by molar-refractivity contribution is 5.79. The number of aryl methyl sites for hydroxylation is 1. The molecule has 1 saturated heterocycles. The van der Waals surface area contributed by atoms with Crippen molar-refractivity contribution in [2.75, 3.05) is 13.1 Å². The summed E-state index contributed by atoms with van der Waals surface area (Å²) in [6.07, 6.45) is 7.95. The van der Waals surface area contributed by atoms with Crippen molar-refractivity contribution in [2.24, 2.45) is 5.92 Å². The van der Waals surface area contributed by atoms with Crippen LogP contribution >= 0.6 is 0 Å². The second kappa shape index (κ2) is 3.92. The highest BCUT2D eigenvalue weighted by Gasteiger charge is 2.29. The number of aromatic nitrogens is 2. The van der Waals surface area contributed by atoms with Gasteiger partial charge in [-0.3, -0.25) is 4.79 Å². The molecule has 1 unspecified atom stereocenters. The van der Waals surface area contributed by atoms with Crippen LogP contribution in [0.5, 0.6) is 0 Å². The number of imidazole rings is 1. The topological polar surface area (TPSA) is 38.1 Å². The zero-order chi connectivity index (χ0) is 11.0. The summed E-state index contributed by atoms with van der Waals surface area (Å²) in [6, 6.07) is 0. The predicted octanol–water partition coefficient (Wildman–Crippen LogP) is 1.07. The SMILES string of the molecule is O=C(C1CCn2cncc2C1)N1CCCC1. The molecule has 0 bridgehead atoms. The molecule has 0 saturated carbocycles. The molecule has 0 N–H and O–H groups in total. The summed E-state index contributed by atoms with van der Waals surface area (Å²) in [5, 5.41) is 0. The van der Waals surface area contributed by atoms with Crippen LogP contribution in [0.1, 0.15) is 25.0 Å². The van der Waals surface area contributed by atoms with Gasteiger partial charge in [0.2, 0.25) is 5.91 Å². The summed E-state index contributed by atoms with van der Waals surface area (Å²) >= 11 is 0. The Bertz CT molecular complexity index is 393. The smallest absolute Gasteiger partial charge is 0.226 e. The van der Waals surface area contributed by atoms with Gasteiger partial charge in [-0.15, -0.1) is 0 Å². The number of hydrogen-bond donors (Lipinski definition) is 0. The largest absolute Gasteiger partial charge is 0.342 e. The third-order valence-electron chi connectivity index (χ3n) is 3.74. The van der Waals surface area contributed by atoms with Gasteiger partial charge in [0, 0.05) is 43.9 Å². The first-order valence-electron chi connectivity index (χ1n) is 6.12. The highest BCUT2D eigenvalue weighted by atomic mass is 16.2. The third-order valence-corrected chi connectivity index (χ3v) is 3.74. The molecular weight excluding hydrogens is 202 g/mol. The normalized spacial score (nSPS) is 24.5. The molecule has 0 radical (unpaired) electrons. The average Bonchev–Trinajstić information content (AvgIpc) is 2.98. The van der Waals surface area contributed by atoms with Crippen LogP contribution in [0.4, 0.5) is 0 Å². The van der Waals surface area contributed by atoms with Gasteiger partial charge in [0.25, 0.3) is 0 Å². The number of amides is 1. The second-order valence-corrected chi connectivity index (χ2v) is 4.80. The molecule has 16 heavy (non-hydrogen) atoms. The fraction of sp³-hybridized carbons (Fsp3) is 0.667. The van der Waals surface area contributed by atoms with Crippen molar-refractivity contribution < 1.29 is 4.79 Å². The molecule has 1 aromatic heterocycles. The van der Waals surface area contributed by atoms with Gasteiger partial charge < -0.3 is 9.47 Å². The van der Waals surface area contributed by atoms with Gasteiger partial charge >= 0.3 is 0 Å². The zero-order valence-corrected chi connectivity index (χ0v) is 9.43. The second-order valence-electron chi connectivity index (χ2n) is 4.80. The lowest BCUT2D eigenvalue weighted by molar-refractivity contribution is -0.135. The van der Waals surface area contributed by atoms with Crippen LogP contribution in [-0.4, -0.2) is 33.4 Å². The molecular formula is C12H17N3O. The Kier molecular flexibility index (Phi) is 2.42. The summed E-state index contributed by atoms with van der Waals surface area (Å²) in [5.74, 6) is 0.562. The first kappa shape index (κ1) is 9.87. The number of carbonyl (C=O) groups is 1. The summed E-state index contributed by atoms with van der Waals surface area (Å²) in [4.78, 5) is 18.4. The van der Waals surface area contributed by atoms with Crippen LogP contribution in [0, 0.1) is 5.92 Å². The van der Waals surface area contributed by atoms with Crippen molar-refractivity contribution in [1.29, 1.82) is 0 Å². The van der Waals surface area contributed by atoms with E-state index >= 15 is 0 Å². The lowest BCUT2D eigenvalue weighted by Gasteiger charge is -2.27. The van der Waals surface area contributed by atoms with E-state index in [0.717, 1.165) is 32.5 Å². The number of nitrogens with zero attached hydrogens (tertiary/aromatic N) is 3. The van der Waals surface area contributed by atoms with Crippen LogP contribution in [0.25, 0.3) is 0 Å². The molecule has 0 aliphatic carbocycles. The maximum absolute atomic E-state index is 12.2. The Labute approximate surface area is 95.3 Å². The molecule has 2 aliphatic rings. The fourth-order valence-electron chi connectivity index (χ4n) is 2.78. The van der Waals surface area contributed by atoms with E-state index in [1.165, 1.54) is 18.5 Å². The summed E-state index contributed by atoms with van der Waals surface area (Å²) in [5.41, 5.74) is 1.21. The standard InChI is InChI=1S/C12H17N3O/c16-12(14-4-1-2-5-14)10-3-6-15-9-13-8-11(15)7-10/h8-10H,1-7H2. The minimum absolute atomic E-state index is 0.197. The summed E-state index contributed by atoms with van der Waals surface area (Å²) in [7, 11) is 0. The first-order chi connectivity index (χ1) is 7.84. The molecule has 1 fully saturated rings. The van der Waals surface area contributed by atoms with Gasteiger partial charge in [-0.25, -0.2) is 4.98 Å². The van der Waals surface area contributed by atoms with Gasteiger partial charge in [-0.1, -0.05) is 0 Å². The van der Waals surface area contributed by atoms with Crippen LogP contribution in [0.3, 0.4) is 0 Å². The molecule has 2 aliphatic heterocycles. The van der Waals surface area contributed by atoms with E-state index in [2.05, 4.69) is 9.55 Å². The van der Waals surface area contributed by atoms with Crippen LogP contribution in [0.15, 0.2) is 12.5 Å². The van der Waals surface area contributed by atoms with E-state index in [1.807, 2.05) is 17.4 Å². The van der Waals surface area contributed by atoms with Gasteiger partial charge in [0.15, 0.2) is 0 Å². The Morgan fingerprint density at radius 2 is 2.12 bits per heavy atom. The van der Waals surface area contributed by atoms with E-state index in [9.17, 15) is 4.79 Å². The highest BCUT2D eigenvalue weighted by Crippen LogP contribution is 2.23. The quantitative estimate of drug-likeness (QED) is 0.708. The van der Waals surface area contributed by atoms with Crippen molar-refractivity contribution in [1.82, 2.24) is 14.5 Å². The van der Waals surface area contributed by atoms with E-state index in [0.29, 0.717) is 5.91 Å². The molecule has 1 amide bonds. The van der Waals surface area contributed by atoms with Crippen molar-refractivity contribution in [3.05, 3.63) is 18.2 Å². The molecule has 4 nitrogen and oxygen atoms in total. The fourth-order valence-corrected chi connectivity index (χ4v) is 2.78. The molecule has 0 spiro atoms. The average molecular weight is 219 g/mol. The van der Waals surface area contributed by atoms with Gasteiger partial charge in [0.1, 0.15) is 0 Å². The summed E-state index contributed by atoms with van der Waals surface area (Å²) in [6.45, 7) is 2.88. The molecule has 1 atom stereocenters. The van der Waals surface area contributed by atoms with E-state index in [4.69, 9.17) is 0 Å². The predicted molar refractivity (Wildman–Crippen MR) is 59.9 cm³/mol.